The maximum absolute atomic E-state index is 11.2. The smallest absolute Gasteiger partial charge is 0.268 e. The Morgan fingerprint density at radius 3 is 3.33 bits per heavy atom. The van der Waals surface area contributed by atoms with Crippen molar-refractivity contribution in [1.82, 2.24) is 14.7 Å². The van der Waals surface area contributed by atoms with Crippen molar-refractivity contribution in [3.05, 3.63) is 23.6 Å². The van der Waals surface area contributed by atoms with E-state index < -0.39 is 0 Å². The quantitative estimate of drug-likeness (QED) is 0.705. The van der Waals surface area contributed by atoms with Gasteiger partial charge in [-0.3, -0.25) is 9.20 Å². The first-order chi connectivity index (χ1) is 5.83. The first-order valence-corrected chi connectivity index (χ1v) is 4.32. The van der Waals surface area contributed by atoms with Crippen LogP contribution in [-0.2, 0) is 0 Å². The molecule has 62 valence electrons. The van der Waals surface area contributed by atoms with Crippen LogP contribution in [0.1, 0.15) is 10.5 Å². The van der Waals surface area contributed by atoms with Crippen LogP contribution in [0.4, 0.5) is 0 Å². The molecule has 2 aromatic rings. The summed E-state index contributed by atoms with van der Waals surface area (Å²) in [6.07, 6.45) is 3.37. The third kappa shape index (κ3) is 0.902. The van der Waals surface area contributed by atoms with Crippen LogP contribution in [0.15, 0.2) is 17.9 Å². The SMILES string of the molecule is CNC(=O)c1csc2cncn12. The average Bonchev–Trinajstić information content (AvgIpc) is 2.62. The number of carbonyl (C=O) groups excluding carboxylic acids is 1. The second kappa shape index (κ2) is 2.60. The Hall–Kier alpha value is -1.36. The van der Waals surface area contributed by atoms with E-state index in [-0.39, 0.29) is 5.91 Å². The summed E-state index contributed by atoms with van der Waals surface area (Å²) >= 11 is 1.50. The van der Waals surface area contributed by atoms with Crippen molar-refractivity contribution in [3.8, 4) is 0 Å². The number of amides is 1. The van der Waals surface area contributed by atoms with Crippen LogP contribution in [0.25, 0.3) is 4.83 Å². The molecule has 1 N–H and O–H groups in total. The predicted octanol–water partition coefficient (Wildman–Crippen LogP) is 0.755. The Balaban J connectivity index is 2.61. The van der Waals surface area contributed by atoms with E-state index in [4.69, 9.17) is 0 Å². The van der Waals surface area contributed by atoms with Gasteiger partial charge in [-0.2, -0.15) is 0 Å². The molecule has 0 atom stereocenters. The van der Waals surface area contributed by atoms with E-state index in [1.165, 1.54) is 11.3 Å². The number of fused-ring (bicyclic) bond motifs is 1. The third-order valence-corrected chi connectivity index (χ3v) is 2.50. The van der Waals surface area contributed by atoms with Crippen molar-refractivity contribution < 1.29 is 4.79 Å². The fourth-order valence-corrected chi connectivity index (χ4v) is 1.85. The second-order valence-corrected chi connectivity index (χ2v) is 3.19. The maximum atomic E-state index is 11.2. The summed E-state index contributed by atoms with van der Waals surface area (Å²) in [4.78, 5) is 16.1. The van der Waals surface area contributed by atoms with Gasteiger partial charge in [0, 0.05) is 12.4 Å². The summed E-state index contributed by atoms with van der Waals surface area (Å²) in [6, 6.07) is 0. The molecular formula is C7H7N3OS. The molecule has 2 rings (SSSR count). The maximum Gasteiger partial charge on any atom is 0.268 e. The zero-order chi connectivity index (χ0) is 8.55. The lowest BCUT2D eigenvalue weighted by Crippen LogP contribution is -2.19. The third-order valence-electron chi connectivity index (χ3n) is 1.62. The lowest BCUT2D eigenvalue weighted by atomic mass is 10.4. The Morgan fingerprint density at radius 1 is 1.75 bits per heavy atom. The molecule has 2 aromatic heterocycles. The van der Waals surface area contributed by atoms with Gasteiger partial charge >= 0.3 is 0 Å². The molecule has 1 amide bonds. The molecular weight excluding hydrogens is 174 g/mol. The summed E-state index contributed by atoms with van der Waals surface area (Å²) < 4.78 is 1.77. The van der Waals surface area contributed by atoms with Gasteiger partial charge < -0.3 is 5.32 Å². The standard InChI is InChI=1S/C7H7N3OS/c1-8-7(11)5-3-12-6-2-9-4-10(5)6/h2-4H,1H3,(H,8,11). The van der Waals surface area contributed by atoms with Gasteiger partial charge in [0.25, 0.3) is 5.91 Å². The first-order valence-electron chi connectivity index (χ1n) is 3.44. The molecule has 2 heterocycles. The summed E-state index contributed by atoms with van der Waals surface area (Å²) in [6.45, 7) is 0. The monoisotopic (exact) mass is 181 g/mol. The normalized spacial score (nSPS) is 10.4. The number of thiazole rings is 1. The minimum atomic E-state index is -0.0840. The lowest BCUT2D eigenvalue weighted by Gasteiger charge is -1.95. The van der Waals surface area contributed by atoms with Crippen LogP contribution in [0, 0.1) is 0 Å². The number of nitrogens with zero attached hydrogens (tertiary/aromatic N) is 2. The molecule has 0 aliphatic carbocycles. The second-order valence-electron chi connectivity index (χ2n) is 2.30. The zero-order valence-corrected chi connectivity index (χ0v) is 7.26. The summed E-state index contributed by atoms with van der Waals surface area (Å²) in [5, 5.41) is 4.38. The van der Waals surface area contributed by atoms with E-state index in [1.807, 2.05) is 5.38 Å². The number of hydrogen-bond donors (Lipinski definition) is 1. The topological polar surface area (TPSA) is 46.4 Å². The van der Waals surface area contributed by atoms with Crippen molar-refractivity contribution in [2.75, 3.05) is 7.05 Å². The first kappa shape index (κ1) is 7.30. The Morgan fingerprint density at radius 2 is 2.58 bits per heavy atom. The highest BCUT2D eigenvalue weighted by molar-refractivity contribution is 7.15. The molecule has 0 spiro atoms. The minimum Gasteiger partial charge on any atom is -0.354 e. The molecule has 5 heteroatoms. The number of aromatic nitrogens is 2. The van der Waals surface area contributed by atoms with Gasteiger partial charge in [-0.1, -0.05) is 0 Å². The van der Waals surface area contributed by atoms with Gasteiger partial charge in [0.05, 0.1) is 6.20 Å². The van der Waals surface area contributed by atoms with Crippen LogP contribution < -0.4 is 5.32 Å². The molecule has 0 aliphatic heterocycles. The molecule has 0 aromatic carbocycles. The summed E-state index contributed by atoms with van der Waals surface area (Å²) in [5.41, 5.74) is 0.634. The van der Waals surface area contributed by atoms with Gasteiger partial charge in [-0.25, -0.2) is 4.98 Å². The van der Waals surface area contributed by atoms with Gasteiger partial charge in [0.2, 0.25) is 0 Å². The van der Waals surface area contributed by atoms with Crippen LogP contribution in [0.3, 0.4) is 0 Å². The van der Waals surface area contributed by atoms with E-state index in [0.29, 0.717) is 5.69 Å². The zero-order valence-electron chi connectivity index (χ0n) is 6.44. The molecule has 12 heavy (non-hydrogen) atoms. The number of nitrogens with one attached hydrogen (secondary N) is 1. The molecule has 0 aliphatic rings. The molecule has 0 saturated heterocycles. The van der Waals surface area contributed by atoms with E-state index in [1.54, 1.807) is 24.0 Å². The van der Waals surface area contributed by atoms with E-state index >= 15 is 0 Å². The molecule has 0 bridgehead atoms. The molecule has 0 fully saturated rings. The minimum absolute atomic E-state index is 0.0840. The Labute approximate surface area is 72.9 Å². The van der Waals surface area contributed by atoms with Crippen molar-refractivity contribution in [2.24, 2.45) is 0 Å². The van der Waals surface area contributed by atoms with Crippen molar-refractivity contribution in [3.63, 3.8) is 0 Å². The number of rotatable bonds is 1. The Kier molecular flexibility index (Phi) is 1.58. The summed E-state index contributed by atoms with van der Waals surface area (Å²) in [7, 11) is 1.61. The molecule has 0 radical (unpaired) electrons. The predicted molar refractivity (Wildman–Crippen MR) is 46.5 cm³/mol. The Bertz CT molecular complexity index is 417. The highest BCUT2D eigenvalue weighted by atomic mass is 32.1. The molecule has 0 saturated carbocycles. The highest BCUT2D eigenvalue weighted by Crippen LogP contribution is 2.14. The van der Waals surface area contributed by atoms with Gasteiger partial charge in [0.15, 0.2) is 0 Å². The number of hydrogen-bond acceptors (Lipinski definition) is 3. The van der Waals surface area contributed by atoms with E-state index in [9.17, 15) is 4.79 Å². The van der Waals surface area contributed by atoms with Crippen LogP contribution >= 0.6 is 11.3 Å². The van der Waals surface area contributed by atoms with E-state index in [2.05, 4.69) is 10.3 Å². The molecule has 4 nitrogen and oxygen atoms in total. The van der Waals surface area contributed by atoms with Crippen molar-refractivity contribution >= 4 is 22.1 Å². The fraction of sp³-hybridized carbons (Fsp3) is 0.143. The average molecular weight is 181 g/mol. The van der Waals surface area contributed by atoms with Crippen LogP contribution in [0.5, 0.6) is 0 Å². The van der Waals surface area contributed by atoms with Crippen LogP contribution in [0.2, 0.25) is 0 Å². The largest absolute Gasteiger partial charge is 0.354 e. The van der Waals surface area contributed by atoms with Gasteiger partial charge in [0.1, 0.15) is 16.9 Å². The van der Waals surface area contributed by atoms with Gasteiger partial charge in [-0.05, 0) is 0 Å². The molecule has 0 unspecified atom stereocenters. The van der Waals surface area contributed by atoms with Crippen LogP contribution in [-0.4, -0.2) is 22.3 Å². The van der Waals surface area contributed by atoms with Crippen molar-refractivity contribution in [1.29, 1.82) is 0 Å². The van der Waals surface area contributed by atoms with Crippen molar-refractivity contribution in [2.45, 2.75) is 0 Å². The number of carbonyl (C=O) groups is 1. The van der Waals surface area contributed by atoms with Gasteiger partial charge in [-0.15, -0.1) is 11.3 Å². The lowest BCUT2D eigenvalue weighted by molar-refractivity contribution is 0.0957. The summed E-state index contributed by atoms with van der Waals surface area (Å²) in [5.74, 6) is -0.0840. The van der Waals surface area contributed by atoms with E-state index in [0.717, 1.165) is 4.83 Å². The highest BCUT2D eigenvalue weighted by Gasteiger charge is 2.09. The number of imidazole rings is 1. The fourth-order valence-electron chi connectivity index (χ4n) is 1.01.